The second-order valence-electron chi connectivity index (χ2n) is 7.98. The molecule has 164 valence electrons. The molecule has 0 saturated carbocycles. The van der Waals surface area contributed by atoms with Crippen molar-refractivity contribution in [2.45, 2.75) is 45.6 Å². The molecule has 0 bridgehead atoms. The first-order valence-corrected chi connectivity index (χ1v) is 10.7. The highest BCUT2D eigenvalue weighted by atomic mass is 16.2. The number of carbonyl (C=O) groups excluding carboxylic acids is 2. The van der Waals surface area contributed by atoms with Gasteiger partial charge in [-0.25, -0.2) is 4.98 Å². The molecular weight excluding hydrogens is 398 g/mol. The maximum atomic E-state index is 12.7. The summed E-state index contributed by atoms with van der Waals surface area (Å²) in [5.74, 6) is 0.699. The van der Waals surface area contributed by atoms with Gasteiger partial charge in [-0.15, -0.1) is 0 Å². The lowest BCUT2D eigenvalue weighted by molar-refractivity contribution is -0.132. The van der Waals surface area contributed by atoms with Gasteiger partial charge in [-0.1, -0.05) is 0 Å². The molecular formula is C21H27N7O3. The summed E-state index contributed by atoms with van der Waals surface area (Å²) in [6.07, 6.45) is 7.76. The second kappa shape index (κ2) is 8.83. The minimum absolute atomic E-state index is 0.0570. The Morgan fingerprint density at radius 2 is 1.97 bits per heavy atom. The molecule has 4 rings (SSSR count). The van der Waals surface area contributed by atoms with Gasteiger partial charge in [0.2, 0.25) is 5.91 Å². The highest BCUT2D eigenvalue weighted by molar-refractivity contribution is 5.97. The van der Waals surface area contributed by atoms with Gasteiger partial charge < -0.3 is 9.88 Å². The van der Waals surface area contributed by atoms with E-state index in [0.717, 1.165) is 6.54 Å². The lowest BCUT2D eigenvalue weighted by atomic mass is 9.90. The molecule has 10 heteroatoms. The topological polar surface area (TPSA) is 119 Å². The first-order valence-electron chi connectivity index (χ1n) is 10.7. The molecule has 31 heavy (non-hydrogen) atoms. The van der Waals surface area contributed by atoms with Gasteiger partial charge in [0.15, 0.2) is 11.4 Å². The molecule has 0 aliphatic carbocycles. The number of aromatic nitrogens is 6. The van der Waals surface area contributed by atoms with Crippen LogP contribution in [-0.2, 0) is 24.8 Å². The molecule has 1 N–H and O–H groups in total. The van der Waals surface area contributed by atoms with E-state index >= 15 is 0 Å². The average molecular weight is 425 g/mol. The van der Waals surface area contributed by atoms with E-state index in [0.29, 0.717) is 67.6 Å². The zero-order chi connectivity index (χ0) is 22.0. The van der Waals surface area contributed by atoms with Crippen LogP contribution in [0.5, 0.6) is 0 Å². The van der Waals surface area contributed by atoms with Crippen LogP contribution in [0, 0.1) is 5.92 Å². The number of aromatic amines is 1. The third-order valence-electron chi connectivity index (χ3n) is 5.92. The molecule has 1 aliphatic heterocycles. The third-order valence-corrected chi connectivity index (χ3v) is 5.92. The number of aryl methyl sites for hydroxylation is 3. The van der Waals surface area contributed by atoms with Gasteiger partial charge in [0.05, 0.1) is 18.0 Å². The fourth-order valence-electron chi connectivity index (χ4n) is 4.05. The van der Waals surface area contributed by atoms with Crippen LogP contribution in [0.4, 0.5) is 0 Å². The summed E-state index contributed by atoms with van der Waals surface area (Å²) in [6, 6.07) is 0. The first-order chi connectivity index (χ1) is 15.0. The standard InChI is InChI=1S/C21H27N7O3/c1-3-28-13-15(11-23-28)19(30)14-7-9-27(10-8-14)18(29)6-4-5-17-24-20-16(21(31)25-17)12-22-26(20)2/h11-14H,3-10H2,1-2H3,(H,24,25,31). The molecule has 10 nitrogen and oxygen atoms in total. The van der Waals surface area contributed by atoms with Crippen molar-refractivity contribution < 1.29 is 9.59 Å². The number of H-pyrrole nitrogens is 1. The third kappa shape index (κ3) is 4.42. The van der Waals surface area contributed by atoms with E-state index in [-0.39, 0.29) is 23.2 Å². The van der Waals surface area contributed by atoms with E-state index in [1.165, 1.54) is 6.20 Å². The van der Waals surface area contributed by atoms with E-state index in [9.17, 15) is 14.4 Å². The van der Waals surface area contributed by atoms with Gasteiger partial charge in [0, 0.05) is 51.6 Å². The molecule has 1 saturated heterocycles. The Labute approximate surface area is 179 Å². The van der Waals surface area contributed by atoms with E-state index < -0.39 is 0 Å². The Balaban J connectivity index is 1.26. The summed E-state index contributed by atoms with van der Waals surface area (Å²) in [6.45, 7) is 3.90. The fourth-order valence-corrected chi connectivity index (χ4v) is 4.05. The molecule has 1 aliphatic rings. The smallest absolute Gasteiger partial charge is 0.262 e. The van der Waals surface area contributed by atoms with Gasteiger partial charge >= 0.3 is 0 Å². The number of likely N-dealkylation sites (tertiary alicyclic amines) is 1. The van der Waals surface area contributed by atoms with Crippen LogP contribution in [0.15, 0.2) is 23.4 Å². The zero-order valence-corrected chi connectivity index (χ0v) is 17.9. The monoisotopic (exact) mass is 425 g/mol. The predicted molar refractivity (Wildman–Crippen MR) is 114 cm³/mol. The summed E-state index contributed by atoms with van der Waals surface area (Å²) >= 11 is 0. The largest absolute Gasteiger partial charge is 0.343 e. The van der Waals surface area contributed by atoms with E-state index in [4.69, 9.17) is 0 Å². The summed E-state index contributed by atoms with van der Waals surface area (Å²) in [7, 11) is 1.74. The van der Waals surface area contributed by atoms with Crippen LogP contribution in [0.25, 0.3) is 11.0 Å². The average Bonchev–Trinajstić information content (AvgIpc) is 3.41. The van der Waals surface area contributed by atoms with Gasteiger partial charge in [-0.2, -0.15) is 10.2 Å². The number of hydrogen-bond donors (Lipinski definition) is 1. The molecule has 1 fully saturated rings. The summed E-state index contributed by atoms with van der Waals surface area (Å²) in [5.41, 5.74) is 0.982. The molecule has 1 amide bonds. The minimum Gasteiger partial charge on any atom is -0.343 e. The summed E-state index contributed by atoms with van der Waals surface area (Å²) < 4.78 is 3.32. The fraction of sp³-hybridized carbons (Fsp3) is 0.524. The maximum absolute atomic E-state index is 12.7. The van der Waals surface area contributed by atoms with Crippen molar-refractivity contribution in [2.75, 3.05) is 13.1 Å². The number of carbonyl (C=O) groups is 2. The molecule has 0 unspecified atom stereocenters. The summed E-state index contributed by atoms with van der Waals surface area (Å²) in [5, 5.41) is 8.69. The number of nitrogens with zero attached hydrogens (tertiary/aromatic N) is 6. The van der Waals surface area contributed by atoms with Gasteiger partial charge in [-0.3, -0.25) is 23.7 Å². The van der Waals surface area contributed by atoms with Crippen LogP contribution in [0.1, 0.15) is 48.8 Å². The van der Waals surface area contributed by atoms with E-state index in [1.807, 2.05) is 11.8 Å². The van der Waals surface area contributed by atoms with E-state index in [1.54, 1.807) is 28.8 Å². The zero-order valence-electron chi connectivity index (χ0n) is 17.9. The highest BCUT2D eigenvalue weighted by Gasteiger charge is 2.28. The van der Waals surface area contributed by atoms with Crippen LogP contribution in [0.2, 0.25) is 0 Å². The van der Waals surface area contributed by atoms with Crippen LogP contribution < -0.4 is 5.56 Å². The molecule has 0 radical (unpaired) electrons. The second-order valence-corrected chi connectivity index (χ2v) is 7.98. The Hall–Kier alpha value is -3.30. The van der Waals surface area contributed by atoms with Gasteiger partial charge in [0.25, 0.3) is 5.56 Å². The summed E-state index contributed by atoms with van der Waals surface area (Å²) in [4.78, 5) is 46.4. The normalized spacial score (nSPS) is 15.0. The van der Waals surface area contributed by atoms with Crippen molar-refractivity contribution >= 4 is 22.7 Å². The number of piperidine rings is 1. The number of rotatable bonds is 7. The number of amides is 1. The number of nitrogens with one attached hydrogen (secondary N) is 1. The SMILES string of the molecule is CCn1cc(C(=O)C2CCN(C(=O)CCCc3nc4c(cnn4C)c(=O)[nH]3)CC2)cn1. The number of ketones is 1. The Morgan fingerprint density at radius 1 is 1.19 bits per heavy atom. The van der Waals surface area contributed by atoms with Crippen molar-refractivity contribution in [2.24, 2.45) is 13.0 Å². The van der Waals surface area contributed by atoms with Crippen LogP contribution >= 0.6 is 0 Å². The predicted octanol–water partition coefficient (Wildman–Crippen LogP) is 1.32. The van der Waals surface area contributed by atoms with E-state index in [2.05, 4.69) is 20.2 Å². The van der Waals surface area contributed by atoms with Crippen molar-refractivity contribution in [3.63, 3.8) is 0 Å². The number of hydrogen-bond acceptors (Lipinski definition) is 6. The first kappa shape index (κ1) is 21.0. The van der Waals surface area contributed by atoms with Crippen LogP contribution in [0.3, 0.4) is 0 Å². The van der Waals surface area contributed by atoms with Crippen molar-refractivity contribution in [1.82, 2.24) is 34.4 Å². The van der Waals surface area contributed by atoms with Gasteiger partial charge in [-0.05, 0) is 26.2 Å². The van der Waals surface area contributed by atoms with Crippen molar-refractivity contribution in [3.05, 3.63) is 40.3 Å². The quantitative estimate of drug-likeness (QED) is 0.570. The van der Waals surface area contributed by atoms with Crippen molar-refractivity contribution in [3.8, 4) is 0 Å². The molecule has 3 aromatic heterocycles. The van der Waals surface area contributed by atoms with Crippen LogP contribution in [-0.4, -0.2) is 59.2 Å². The molecule has 0 aromatic carbocycles. The molecule has 3 aromatic rings. The van der Waals surface area contributed by atoms with Gasteiger partial charge in [0.1, 0.15) is 11.2 Å². The highest BCUT2D eigenvalue weighted by Crippen LogP contribution is 2.22. The minimum atomic E-state index is -0.212. The molecule has 0 spiro atoms. The number of fused-ring (bicyclic) bond motifs is 1. The Bertz CT molecular complexity index is 1150. The lowest BCUT2D eigenvalue weighted by Gasteiger charge is -2.31. The maximum Gasteiger partial charge on any atom is 0.262 e. The molecule has 0 atom stereocenters. The lowest BCUT2D eigenvalue weighted by Crippen LogP contribution is -2.40. The Kier molecular flexibility index (Phi) is 5.97. The Morgan fingerprint density at radius 3 is 2.68 bits per heavy atom. The molecule has 4 heterocycles. The number of Topliss-reactive ketones (excluding diaryl/α,β-unsaturated/α-hetero) is 1. The van der Waals surface area contributed by atoms with Crippen molar-refractivity contribution in [1.29, 1.82) is 0 Å².